The highest BCUT2D eigenvalue weighted by molar-refractivity contribution is 5.71. The average Bonchev–Trinajstić information content (AvgIpc) is 2.59. The van der Waals surface area contributed by atoms with Crippen LogP contribution in [0.5, 0.6) is 0 Å². The van der Waals surface area contributed by atoms with E-state index < -0.39 is 34.7 Å². The topological polar surface area (TPSA) is 145 Å². The van der Waals surface area contributed by atoms with E-state index in [9.17, 15) is 24.5 Å². The Kier molecular flexibility index (Phi) is 10.3. The van der Waals surface area contributed by atoms with Crippen molar-refractivity contribution in [2.45, 2.75) is 77.4 Å². The number of nitrogens with one attached hydrogen (secondary N) is 1. The van der Waals surface area contributed by atoms with Crippen LogP contribution in [0.1, 0.15) is 71.1 Å². The molecule has 0 radical (unpaired) electrons. The zero-order valence-corrected chi connectivity index (χ0v) is 16.3. The van der Waals surface area contributed by atoms with E-state index in [1.54, 1.807) is 0 Å². The van der Waals surface area contributed by atoms with Crippen LogP contribution in [0.2, 0.25) is 0 Å². The van der Waals surface area contributed by atoms with Gasteiger partial charge in [-0.2, -0.15) is 0 Å². The van der Waals surface area contributed by atoms with Gasteiger partial charge in [0.25, 0.3) is 0 Å². The number of amides is 1. The first-order valence-electron chi connectivity index (χ1n) is 9.70. The number of carbonyl (C=O) groups is 3. The van der Waals surface area contributed by atoms with Gasteiger partial charge in [0.05, 0.1) is 6.42 Å². The number of esters is 1. The van der Waals surface area contributed by atoms with Gasteiger partial charge in [-0.15, -0.1) is 0 Å². The molecule has 0 aromatic heterocycles. The molecule has 10 nitrogen and oxygen atoms in total. The standard InChI is InChI=1S/C18H30N2O8/c1-14(27-16(23)8-4-2-7-11-20(25)26)28-17(24)19-13-18(12-15(21)22)9-5-3-6-10-18/h14H,2-13H2,1H3,(H,19,24)(H,21,22). The summed E-state index contributed by atoms with van der Waals surface area (Å²) in [5.41, 5.74) is -0.466. The van der Waals surface area contributed by atoms with E-state index in [1.807, 2.05) is 0 Å². The molecule has 2 N–H and O–H groups in total. The normalized spacial score (nSPS) is 16.6. The van der Waals surface area contributed by atoms with Crippen LogP contribution >= 0.6 is 0 Å². The summed E-state index contributed by atoms with van der Waals surface area (Å²) in [5.74, 6) is -1.44. The third kappa shape index (κ3) is 10.1. The minimum Gasteiger partial charge on any atom is -0.481 e. The number of alkyl carbamates (subject to hydrolysis) is 1. The number of hydrogen-bond donors (Lipinski definition) is 2. The van der Waals surface area contributed by atoms with Crippen molar-refractivity contribution in [3.63, 3.8) is 0 Å². The average molecular weight is 402 g/mol. The molecule has 10 heteroatoms. The quantitative estimate of drug-likeness (QED) is 0.167. The molecule has 160 valence electrons. The lowest BCUT2D eigenvalue weighted by molar-refractivity contribution is -0.480. The van der Waals surface area contributed by atoms with Gasteiger partial charge in [0.1, 0.15) is 0 Å². The van der Waals surface area contributed by atoms with Crippen LogP contribution in [-0.4, -0.2) is 47.4 Å². The number of rotatable bonds is 12. The summed E-state index contributed by atoms with van der Waals surface area (Å²) in [5, 5.41) is 21.9. The zero-order chi connectivity index (χ0) is 21.0. The van der Waals surface area contributed by atoms with E-state index in [-0.39, 0.29) is 25.9 Å². The first kappa shape index (κ1) is 23.6. The van der Waals surface area contributed by atoms with Crippen molar-refractivity contribution in [1.29, 1.82) is 0 Å². The molecule has 0 aromatic carbocycles. The van der Waals surface area contributed by atoms with E-state index in [0.717, 1.165) is 32.1 Å². The molecular formula is C18H30N2O8. The Morgan fingerprint density at radius 3 is 2.43 bits per heavy atom. The van der Waals surface area contributed by atoms with Gasteiger partial charge in [-0.1, -0.05) is 19.3 Å². The maximum absolute atomic E-state index is 11.9. The minimum absolute atomic E-state index is 0.00569. The number of carboxylic acid groups (broad SMARTS) is 1. The number of nitro groups is 1. The van der Waals surface area contributed by atoms with Gasteiger partial charge < -0.3 is 19.9 Å². The Morgan fingerprint density at radius 2 is 1.82 bits per heavy atom. The van der Waals surface area contributed by atoms with Crippen molar-refractivity contribution in [3.05, 3.63) is 10.1 Å². The van der Waals surface area contributed by atoms with Crippen LogP contribution < -0.4 is 5.32 Å². The third-order valence-corrected chi connectivity index (χ3v) is 4.84. The van der Waals surface area contributed by atoms with Crippen molar-refractivity contribution < 1.29 is 33.9 Å². The van der Waals surface area contributed by atoms with Crippen LogP contribution in [-0.2, 0) is 19.1 Å². The second kappa shape index (κ2) is 12.1. The molecule has 0 saturated heterocycles. The first-order valence-corrected chi connectivity index (χ1v) is 9.70. The summed E-state index contributed by atoms with van der Waals surface area (Å²) >= 11 is 0. The monoisotopic (exact) mass is 402 g/mol. The van der Waals surface area contributed by atoms with Crippen LogP contribution in [0.4, 0.5) is 4.79 Å². The lowest BCUT2D eigenvalue weighted by atomic mass is 9.72. The Labute approximate surface area is 164 Å². The van der Waals surface area contributed by atoms with Gasteiger partial charge in [-0.25, -0.2) is 4.79 Å². The third-order valence-electron chi connectivity index (χ3n) is 4.84. The Bertz CT molecular complexity index is 546. The van der Waals surface area contributed by atoms with Crippen molar-refractivity contribution in [1.82, 2.24) is 5.32 Å². The molecule has 1 rings (SSSR count). The number of aliphatic carboxylic acids is 1. The summed E-state index contributed by atoms with van der Waals surface area (Å²) < 4.78 is 9.97. The number of carbonyl (C=O) groups excluding carboxylic acids is 2. The molecule has 1 aliphatic rings. The summed E-state index contributed by atoms with van der Waals surface area (Å²) in [7, 11) is 0. The number of ether oxygens (including phenoxy) is 2. The van der Waals surface area contributed by atoms with Gasteiger partial charge in [-0.05, 0) is 31.1 Å². The molecular weight excluding hydrogens is 372 g/mol. The van der Waals surface area contributed by atoms with Crippen LogP contribution in [0, 0.1) is 15.5 Å². The highest BCUT2D eigenvalue weighted by Gasteiger charge is 2.35. The number of carboxylic acids is 1. The van der Waals surface area contributed by atoms with Gasteiger partial charge in [0.15, 0.2) is 0 Å². The van der Waals surface area contributed by atoms with E-state index in [1.165, 1.54) is 6.92 Å². The summed E-state index contributed by atoms with van der Waals surface area (Å²) in [6.07, 6.45) is 4.04. The van der Waals surface area contributed by atoms with Crippen molar-refractivity contribution in [2.24, 2.45) is 5.41 Å². The molecule has 1 atom stereocenters. The highest BCUT2D eigenvalue weighted by Crippen LogP contribution is 2.38. The molecule has 1 saturated carbocycles. The Morgan fingerprint density at radius 1 is 1.14 bits per heavy atom. The second-order valence-corrected chi connectivity index (χ2v) is 7.31. The van der Waals surface area contributed by atoms with E-state index in [4.69, 9.17) is 14.6 Å². The smallest absolute Gasteiger partial charge is 0.410 e. The first-order chi connectivity index (χ1) is 13.2. The fourth-order valence-corrected chi connectivity index (χ4v) is 3.45. The molecule has 0 aliphatic heterocycles. The fraction of sp³-hybridized carbons (Fsp3) is 0.833. The van der Waals surface area contributed by atoms with Crippen LogP contribution in [0.15, 0.2) is 0 Å². The van der Waals surface area contributed by atoms with E-state index in [0.29, 0.717) is 19.3 Å². The summed E-state index contributed by atoms with van der Waals surface area (Å²) in [4.78, 5) is 44.6. The lowest BCUT2D eigenvalue weighted by Crippen LogP contribution is -2.41. The molecule has 1 aliphatic carbocycles. The van der Waals surface area contributed by atoms with Gasteiger partial charge in [-0.3, -0.25) is 19.7 Å². The van der Waals surface area contributed by atoms with Gasteiger partial charge in [0, 0.05) is 31.2 Å². The van der Waals surface area contributed by atoms with Crippen molar-refractivity contribution >= 4 is 18.0 Å². The van der Waals surface area contributed by atoms with Crippen molar-refractivity contribution in [2.75, 3.05) is 13.1 Å². The predicted molar refractivity (Wildman–Crippen MR) is 98.1 cm³/mol. The second-order valence-electron chi connectivity index (χ2n) is 7.31. The molecule has 1 fully saturated rings. The van der Waals surface area contributed by atoms with Crippen molar-refractivity contribution in [3.8, 4) is 0 Å². The van der Waals surface area contributed by atoms with Crippen LogP contribution in [0.25, 0.3) is 0 Å². The zero-order valence-electron chi connectivity index (χ0n) is 16.3. The minimum atomic E-state index is -1.08. The predicted octanol–water partition coefficient (Wildman–Crippen LogP) is 2.86. The van der Waals surface area contributed by atoms with E-state index in [2.05, 4.69) is 5.32 Å². The number of unbranched alkanes of at least 4 members (excludes halogenated alkanes) is 2. The van der Waals surface area contributed by atoms with Crippen LogP contribution in [0.3, 0.4) is 0 Å². The number of nitrogens with zero attached hydrogens (tertiary/aromatic N) is 1. The fourth-order valence-electron chi connectivity index (χ4n) is 3.45. The molecule has 1 amide bonds. The molecule has 0 heterocycles. The lowest BCUT2D eigenvalue weighted by Gasteiger charge is -2.36. The van der Waals surface area contributed by atoms with Gasteiger partial charge in [0.2, 0.25) is 12.8 Å². The Hall–Kier alpha value is -2.39. The maximum Gasteiger partial charge on any atom is 0.410 e. The highest BCUT2D eigenvalue weighted by atomic mass is 16.7. The number of hydrogen-bond acceptors (Lipinski definition) is 7. The van der Waals surface area contributed by atoms with Gasteiger partial charge >= 0.3 is 18.0 Å². The van der Waals surface area contributed by atoms with E-state index >= 15 is 0 Å². The SMILES string of the molecule is CC(OC(=O)CCCCC[N+](=O)[O-])OC(=O)NCC1(CC(=O)O)CCCCC1. The summed E-state index contributed by atoms with van der Waals surface area (Å²) in [6.45, 7) is 1.49. The molecule has 0 spiro atoms. The maximum atomic E-state index is 11.9. The molecule has 0 bridgehead atoms. The molecule has 28 heavy (non-hydrogen) atoms. The molecule has 1 unspecified atom stereocenters. The molecule has 0 aromatic rings. The summed E-state index contributed by atoms with van der Waals surface area (Å²) in [6, 6.07) is 0. The Balaban J connectivity index is 2.28. The largest absolute Gasteiger partial charge is 0.481 e.